The van der Waals surface area contributed by atoms with Crippen molar-refractivity contribution in [2.45, 2.75) is 18.9 Å². The van der Waals surface area contributed by atoms with Crippen LogP contribution in [0.1, 0.15) is 18.9 Å². The Kier molecular flexibility index (Phi) is 7.37. The summed E-state index contributed by atoms with van der Waals surface area (Å²) < 4.78 is 15.4. The molecule has 0 amide bonds. The number of nitrogens with zero attached hydrogens (tertiary/aromatic N) is 1. The van der Waals surface area contributed by atoms with Crippen LogP contribution >= 0.6 is 0 Å². The van der Waals surface area contributed by atoms with Gasteiger partial charge in [0.15, 0.2) is 0 Å². The number of ether oxygens (including phenoxy) is 3. The Morgan fingerprint density at radius 1 is 1.41 bits per heavy atom. The van der Waals surface area contributed by atoms with Crippen LogP contribution in [0.25, 0.3) is 0 Å². The third-order valence-corrected chi connectivity index (χ3v) is 3.11. The van der Waals surface area contributed by atoms with Crippen molar-refractivity contribution in [3.63, 3.8) is 0 Å². The molecule has 120 valence electrons. The van der Waals surface area contributed by atoms with E-state index in [2.05, 4.69) is 11.4 Å². The van der Waals surface area contributed by atoms with E-state index < -0.39 is 5.54 Å². The van der Waals surface area contributed by atoms with E-state index >= 15 is 0 Å². The molecule has 0 radical (unpaired) electrons. The maximum absolute atomic E-state index is 11.4. The third-order valence-electron chi connectivity index (χ3n) is 3.11. The zero-order valence-corrected chi connectivity index (χ0v) is 13.2. The summed E-state index contributed by atoms with van der Waals surface area (Å²) in [6.45, 7) is 3.22. The van der Waals surface area contributed by atoms with Crippen molar-refractivity contribution in [3.05, 3.63) is 29.8 Å². The zero-order valence-electron chi connectivity index (χ0n) is 13.2. The van der Waals surface area contributed by atoms with E-state index in [1.165, 1.54) is 7.11 Å². The fourth-order valence-corrected chi connectivity index (χ4v) is 2.05. The third kappa shape index (κ3) is 6.12. The normalized spacial score (nSPS) is 13.0. The van der Waals surface area contributed by atoms with Crippen LogP contribution < -0.4 is 10.1 Å². The molecule has 0 aliphatic heterocycles. The fourth-order valence-electron chi connectivity index (χ4n) is 2.05. The van der Waals surface area contributed by atoms with Crippen LogP contribution in [0.15, 0.2) is 24.3 Å². The van der Waals surface area contributed by atoms with Crippen LogP contribution in [-0.4, -0.2) is 45.5 Å². The van der Waals surface area contributed by atoms with Gasteiger partial charge in [-0.25, -0.2) is 0 Å². The number of carbonyl (C=O) groups is 1. The number of esters is 1. The summed E-state index contributed by atoms with van der Waals surface area (Å²) in [6.07, 6.45) is 0.210. The minimum absolute atomic E-state index is 0.210. The van der Waals surface area contributed by atoms with Crippen molar-refractivity contribution in [3.8, 4) is 11.8 Å². The van der Waals surface area contributed by atoms with E-state index in [4.69, 9.17) is 19.5 Å². The number of benzene rings is 1. The van der Waals surface area contributed by atoms with E-state index in [-0.39, 0.29) is 12.4 Å². The molecule has 0 spiro atoms. The van der Waals surface area contributed by atoms with E-state index in [0.717, 1.165) is 0 Å². The predicted octanol–water partition coefficient (Wildman–Crippen LogP) is 1.49. The Labute approximate surface area is 131 Å². The molecule has 1 atom stereocenters. The summed E-state index contributed by atoms with van der Waals surface area (Å²) in [6, 6.07) is 9.03. The lowest BCUT2D eigenvalue weighted by Crippen LogP contribution is -2.49. The maximum Gasteiger partial charge on any atom is 0.307 e. The molecule has 22 heavy (non-hydrogen) atoms. The second-order valence-corrected chi connectivity index (χ2v) is 5.16. The van der Waals surface area contributed by atoms with Gasteiger partial charge in [-0.1, -0.05) is 6.07 Å². The van der Waals surface area contributed by atoms with Crippen LogP contribution in [0.5, 0.6) is 5.75 Å². The minimum Gasteiger partial charge on any atom is -0.492 e. The van der Waals surface area contributed by atoms with E-state index in [9.17, 15) is 4.79 Å². The quantitative estimate of drug-likeness (QED) is 0.550. The van der Waals surface area contributed by atoms with Gasteiger partial charge >= 0.3 is 5.97 Å². The van der Waals surface area contributed by atoms with Gasteiger partial charge in [0.1, 0.15) is 12.4 Å². The second-order valence-electron chi connectivity index (χ2n) is 5.16. The van der Waals surface area contributed by atoms with Gasteiger partial charge in [0, 0.05) is 19.2 Å². The van der Waals surface area contributed by atoms with E-state index in [1.54, 1.807) is 31.4 Å². The van der Waals surface area contributed by atoms with Crippen LogP contribution in [0.2, 0.25) is 0 Å². The van der Waals surface area contributed by atoms with Gasteiger partial charge in [-0.15, -0.1) is 0 Å². The molecular weight excluding hydrogens is 284 g/mol. The van der Waals surface area contributed by atoms with Crippen molar-refractivity contribution in [1.29, 1.82) is 5.26 Å². The van der Waals surface area contributed by atoms with Crippen LogP contribution in [0.3, 0.4) is 0 Å². The zero-order chi connectivity index (χ0) is 16.4. The summed E-state index contributed by atoms with van der Waals surface area (Å²) in [7, 11) is 2.95. The molecule has 0 saturated carbocycles. The number of hydrogen-bond acceptors (Lipinski definition) is 6. The largest absolute Gasteiger partial charge is 0.492 e. The lowest BCUT2D eigenvalue weighted by Gasteiger charge is -2.29. The Morgan fingerprint density at radius 2 is 2.18 bits per heavy atom. The van der Waals surface area contributed by atoms with Crippen LogP contribution in [0, 0.1) is 11.3 Å². The van der Waals surface area contributed by atoms with Gasteiger partial charge in [0.2, 0.25) is 0 Å². The highest BCUT2D eigenvalue weighted by molar-refractivity contribution is 5.70. The molecule has 1 unspecified atom stereocenters. The molecule has 1 aromatic carbocycles. The highest BCUT2D eigenvalue weighted by Gasteiger charge is 2.27. The van der Waals surface area contributed by atoms with E-state index in [1.807, 2.05) is 6.92 Å². The monoisotopic (exact) mass is 306 g/mol. The molecule has 0 fully saturated rings. The van der Waals surface area contributed by atoms with Gasteiger partial charge in [0.05, 0.1) is 31.8 Å². The summed E-state index contributed by atoms with van der Waals surface area (Å²) in [5.41, 5.74) is 0.0417. The molecule has 0 heterocycles. The Bertz CT molecular complexity index is 527. The van der Waals surface area contributed by atoms with Crippen molar-refractivity contribution in [1.82, 2.24) is 5.32 Å². The van der Waals surface area contributed by atoms with Crippen molar-refractivity contribution < 1.29 is 19.0 Å². The molecule has 1 aromatic rings. The van der Waals surface area contributed by atoms with Gasteiger partial charge in [0.25, 0.3) is 0 Å². The van der Waals surface area contributed by atoms with Crippen LogP contribution in [-0.2, 0) is 14.3 Å². The van der Waals surface area contributed by atoms with Crippen molar-refractivity contribution in [2.75, 3.05) is 34.0 Å². The molecule has 0 aliphatic carbocycles. The SMILES string of the molecule is COCC(C)(CC(=O)OC)NCCOc1cccc(C#N)c1. The Hall–Kier alpha value is -2.10. The molecule has 0 aromatic heterocycles. The van der Waals surface area contributed by atoms with Gasteiger partial charge in [-0.3, -0.25) is 4.79 Å². The number of carbonyl (C=O) groups excluding carboxylic acids is 1. The molecule has 0 bridgehead atoms. The summed E-state index contributed by atoms with van der Waals surface area (Å²) in [4.78, 5) is 11.4. The predicted molar refractivity (Wildman–Crippen MR) is 81.6 cm³/mol. The number of nitrogens with one attached hydrogen (secondary N) is 1. The number of nitriles is 1. The molecule has 1 rings (SSSR count). The van der Waals surface area contributed by atoms with Gasteiger partial charge in [-0.05, 0) is 25.1 Å². The van der Waals surface area contributed by atoms with Crippen molar-refractivity contribution >= 4 is 5.97 Å². The van der Waals surface area contributed by atoms with Gasteiger partial charge in [-0.2, -0.15) is 5.26 Å². The lowest BCUT2D eigenvalue weighted by molar-refractivity contribution is -0.142. The average molecular weight is 306 g/mol. The topological polar surface area (TPSA) is 80.6 Å². The maximum atomic E-state index is 11.4. The first-order valence-corrected chi connectivity index (χ1v) is 6.97. The first kappa shape index (κ1) is 18.0. The molecule has 6 nitrogen and oxygen atoms in total. The molecular formula is C16H22N2O4. The Morgan fingerprint density at radius 3 is 2.82 bits per heavy atom. The summed E-state index contributed by atoms with van der Waals surface area (Å²) in [5.74, 6) is 0.344. The Balaban J connectivity index is 2.45. The lowest BCUT2D eigenvalue weighted by atomic mass is 9.99. The van der Waals surface area contributed by atoms with E-state index in [0.29, 0.717) is 31.1 Å². The minimum atomic E-state index is -0.514. The number of rotatable bonds is 9. The average Bonchev–Trinajstić information content (AvgIpc) is 2.52. The first-order valence-electron chi connectivity index (χ1n) is 6.97. The smallest absolute Gasteiger partial charge is 0.307 e. The highest BCUT2D eigenvalue weighted by atomic mass is 16.5. The number of methoxy groups -OCH3 is 2. The first-order chi connectivity index (χ1) is 10.5. The molecule has 0 saturated heterocycles. The van der Waals surface area contributed by atoms with Crippen molar-refractivity contribution in [2.24, 2.45) is 0 Å². The highest BCUT2D eigenvalue weighted by Crippen LogP contribution is 2.13. The second kappa shape index (κ2) is 9.03. The number of hydrogen-bond donors (Lipinski definition) is 1. The molecule has 1 N–H and O–H groups in total. The fraction of sp³-hybridized carbons (Fsp3) is 0.500. The summed E-state index contributed by atoms with van der Waals surface area (Å²) >= 11 is 0. The van der Waals surface area contributed by atoms with Crippen LogP contribution in [0.4, 0.5) is 0 Å². The standard InChI is InChI=1S/C16H22N2O4/c1-16(12-20-2,10-15(19)21-3)18-7-8-22-14-6-4-5-13(9-14)11-17/h4-6,9,18H,7-8,10,12H2,1-3H3. The molecule has 6 heteroatoms. The molecule has 0 aliphatic rings. The van der Waals surface area contributed by atoms with Gasteiger partial charge < -0.3 is 19.5 Å². The summed E-state index contributed by atoms with van der Waals surface area (Å²) in [5, 5.41) is 12.1.